The molecular formula is C24H26ClNO2. The molecule has 0 saturated heterocycles. The number of aromatic carboxylic acids is 1. The lowest BCUT2D eigenvalue weighted by Gasteiger charge is -2.24. The van der Waals surface area contributed by atoms with Crippen LogP contribution in [-0.2, 0) is 6.42 Å². The van der Waals surface area contributed by atoms with E-state index in [9.17, 15) is 9.90 Å². The third-order valence-corrected chi connectivity index (χ3v) is 5.85. The van der Waals surface area contributed by atoms with Crippen LogP contribution in [0, 0.1) is 26.7 Å². The van der Waals surface area contributed by atoms with Gasteiger partial charge in [-0.2, -0.15) is 0 Å². The van der Waals surface area contributed by atoms with Crippen molar-refractivity contribution in [2.24, 2.45) is 10.9 Å². The van der Waals surface area contributed by atoms with Crippen molar-refractivity contribution in [3.63, 3.8) is 0 Å². The average Bonchev–Trinajstić information content (AvgIpc) is 2.62. The zero-order valence-electron chi connectivity index (χ0n) is 16.8. The van der Waals surface area contributed by atoms with Gasteiger partial charge in [-0.15, -0.1) is 0 Å². The maximum Gasteiger partial charge on any atom is 0.337 e. The van der Waals surface area contributed by atoms with Gasteiger partial charge in [-0.3, -0.25) is 4.99 Å². The first-order chi connectivity index (χ1) is 13.3. The molecular weight excluding hydrogens is 370 g/mol. The summed E-state index contributed by atoms with van der Waals surface area (Å²) < 4.78 is 0. The van der Waals surface area contributed by atoms with E-state index >= 15 is 0 Å². The van der Waals surface area contributed by atoms with Crippen molar-refractivity contribution in [3.05, 3.63) is 80.5 Å². The number of hydrogen-bond donors (Lipinski definition) is 1. The zero-order valence-corrected chi connectivity index (χ0v) is 17.5. The van der Waals surface area contributed by atoms with Crippen molar-refractivity contribution < 1.29 is 9.90 Å². The molecule has 146 valence electrons. The number of aliphatic imine (C=N–C) groups is 1. The van der Waals surface area contributed by atoms with Crippen LogP contribution in [-0.4, -0.2) is 17.3 Å². The second-order valence-corrected chi connectivity index (χ2v) is 8.15. The second-order valence-electron chi connectivity index (χ2n) is 7.74. The molecule has 1 heterocycles. The van der Waals surface area contributed by atoms with Crippen molar-refractivity contribution in [2.75, 3.05) is 0 Å². The molecule has 3 nitrogen and oxygen atoms in total. The van der Waals surface area contributed by atoms with Crippen LogP contribution in [0.1, 0.15) is 57.4 Å². The third-order valence-electron chi connectivity index (χ3n) is 5.56. The highest BCUT2D eigenvalue weighted by atomic mass is 35.5. The molecule has 28 heavy (non-hydrogen) atoms. The number of nitrogens with zero attached hydrogens (tertiary/aromatic N) is 1. The molecule has 1 aliphatic rings. The van der Waals surface area contributed by atoms with E-state index in [2.05, 4.69) is 45.0 Å². The first-order valence-electron chi connectivity index (χ1n) is 9.60. The first-order valence-corrected chi connectivity index (χ1v) is 9.98. The van der Waals surface area contributed by atoms with Crippen LogP contribution in [0.15, 0.2) is 47.1 Å². The number of carbonyl (C=O) groups is 1. The Labute approximate surface area is 171 Å². The van der Waals surface area contributed by atoms with E-state index in [4.69, 9.17) is 16.6 Å². The Balaban J connectivity index is 2.05. The van der Waals surface area contributed by atoms with Crippen LogP contribution in [0.4, 0.5) is 0 Å². The maximum atomic E-state index is 11.4. The highest BCUT2D eigenvalue weighted by molar-refractivity contribution is 6.33. The number of hydrogen-bond acceptors (Lipinski definition) is 2. The molecule has 0 amide bonds. The maximum absolute atomic E-state index is 11.4. The molecule has 0 bridgehead atoms. The molecule has 2 aromatic carbocycles. The molecule has 0 spiro atoms. The molecule has 0 saturated carbocycles. The Morgan fingerprint density at radius 2 is 2.00 bits per heavy atom. The fourth-order valence-corrected chi connectivity index (χ4v) is 4.20. The lowest BCUT2D eigenvalue weighted by molar-refractivity contribution is 0.0696. The molecule has 1 aliphatic heterocycles. The monoisotopic (exact) mass is 395 g/mol. The fraction of sp³-hybridized carbons (Fsp3) is 0.333. The Kier molecular flexibility index (Phi) is 6.04. The van der Waals surface area contributed by atoms with Gasteiger partial charge in [-0.1, -0.05) is 48.9 Å². The van der Waals surface area contributed by atoms with E-state index in [0.717, 1.165) is 24.1 Å². The van der Waals surface area contributed by atoms with E-state index in [-0.39, 0.29) is 16.5 Å². The summed E-state index contributed by atoms with van der Waals surface area (Å²) in [7, 11) is 0. The van der Waals surface area contributed by atoms with E-state index in [1.54, 1.807) is 13.0 Å². The lowest BCUT2D eigenvalue weighted by Crippen LogP contribution is -2.12. The minimum absolute atomic E-state index is 0.106. The Morgan fingerprint density at radius 1 is 1.25 bits per heavy atom. The molecule has 3 rings (SSSR count). The Hall–Kier alpha value is -2.39. The molecule has 2 atom stereocenters. The smallest absolute Gasteiger partial charge is 0.337 e. The van der Waals surface area contributed by atoms with Crippen LogP contribution in [0.3, 0.4) is 0 Å². The average molecular weight is 396 g/mol. The molecule has 1 N–H and O–H groups in total. The minimum atomic E-state index is -0.992. The summed E-state index contributed by atoms with van der Waals surface area (Å²) in [6.07, 6.45) is 5.97. The van der Waals surface area contributed by atoms with E-state index in [1.165, 1.54) is 16.7 Å². The number of rotatable bonds is 5. The second kappa shape index (κ2) is 8.32. The van der Waals surface area contributed by atoms with Gasteiger partial charge in [-0.05, 0) is 73.4 Å². The molecule has 0 fully saturated rings. The summed E-state index contributed by atoms with van der Waals surface area (Å²) in [5.74, 6) is -0.432. The number of carboxylic acid groups (broad SMARTS) is 1. The topological polar surface area (TPSA) is 49.7 Å². The van der Waals surface area contributed by atoms with Crippen LogP contribution in [0.2, 0.25) is 5.02 Å². The van der Waals surface area contributed by atoms with E-state index in [0.29, 0.717) is 11.5 Å². The summed E-state index contributed by atoms with van der Waals surface area (Å²) in [6.45, 7) is 8.24. The molecule has 4 heteroatoms. The molecule has 0 aliphatic carbocycles. The summed E-state index contributed by atoms with van der Waals surface area (Å²) in [4.78, 5) is 16.2. The SMILES string of the molecule is Cc1cccc(C(Cc2cc(C)c(C(=O)O)c(Cl)c2)C2=CCC(C)C=N2)c1C. The zero-order chi connectivity index (χ0) is 20.4. The van der Waals surface area contributed by atoms with Crippen molar-refractivity contribution in [2.45, 2.75) is 46.5 Å². The standard InChI is InChI=1S/C24H26ClNO2/c1-14-8-9-22(26-13-14)20(19-7-5-6-15(2)17(19)4)11-18-10-16(3)23(24(27)28)21(25)12-18/h5-7,9-10,12-14,20H,8,11H2,1-4H3,(H,27,28). The normalized spacial score (nSPS) is 17.3. The van der Waals surface area contributed by atoms with Crippen molar-refractivity contribution in [1.82, 2.24) is 0 Å². The molecule has 0 aromatic heterocycles. The van der Waals surface area contributed by atoms with Gasteiger partial charge in [0.05, 0.1) is 10.6 Å². The van der Waals surface area contributed by atoms with Gasteiger partial charge < -0.3 is 5.11 Å². The van der Waals surface area contributed by atoms with Crippen molar-refractivity contribution in [3.8, 4) is 0 Å². The van der Waals surface area contributed by atoms with Crippen LogP contribution < -0.4 is 0 Å². The highest BCUT2D eigenvalue weighted by Crippen LogP contribution is 2.35. The number of halogens is 1. The third kappa shape index (κ3) is 4.20. The quantitative estimate of drug-likeness (QED) is 0.647. The van der Waals surface area contributed by atoms with Gasteiger partial charge in [0.2, 0.25) is 0 Å². The summed E-state index contributed by atoms with van der Waals surface area (Å²) in [5, 5.41) is 9.67. The number of benzene rings is 2. The van der Waals surface area contributed by atoms with Gasteiger partial charge in [0.15, 0.2) is 0 Å². The molecule has 2 aromatic rings. The van der Waals surface area contributed by atoms with E-state index in [1.807, 2.05) is 12.3 Å². The van der Waals surface area contributed by atoms with Crippen molar-refractivity contribution in [1.29, 1.82) is 0 Å². The molecule has 0 radical (unpaired) electrons. The predicted octanol–water partition coefficient (Wildman–Crippen LogP) is 6.28. The summed E-state index contributed by atoms with van der Waals surface area (Å²) in [5.41, 5.74) is 6.74. The lowest BCUT2D eigenvalue weighted by atomic mass is 9.83. The summed E-state index contributed by atoms with van der Waals surface area (Å²) in [6, 6.07) is 10.1. The van der Waals surface area contributed by atoms with Gasteiger partial charge >= 0.3 is 5.97 Å². The largest absolute Gasteiger partial charge is 0.478 e. The van der Waals surface area contributed by atoms with E-state index < -0.39 is 5.97 Å². The fourth-order valence-electron chi connectivity index (χ4n) is 3.83. The van der Waals surface area contributed by atoms with Crippen LogP contribution in [0.25, 0.3) is 0 Å². The van der Waals surface area contributed by atoms with Crippen LogP contribution in [0.5, 0.6) is 0 Å². The summed E-state index contributed by atoms with van der Waals surface area (Å²) >= 11 is 6.30. The first kappa shape index (κ1) is 20.3. The minimum Gasteiger partial charge on any atom is -0.478 e. The number of allylic oxidation sites excluding steroid dienone is 2. The number of carboxylic acids is 1. The predicted molar refractivity (Wildman–Crippen MR) is 116 cm³/mol. The number of aryl methyl sites for hydroxylation is 2. The van der Waals surface area contributed by atoms with Gasteiger partial charge in [-0.25, -0.2) is 4.79 Å². The van der Waals surface area contributed by atoms with Gasteiger partial charge in [0.25, 0.3) is 0 Å². The Bertz CT molecular complexity index is 952. The van der Waals surface area contributed by atoms with Crippen LogP contribution >= 0.6 is 11.6 Å². The Morgan fingerprint density at radius 3 is 2.61 bits per heavy atom. The highest BCUT2D eigenvalue weighted by Gasteiger charge is 2.23. The van der Waals surface area contributed by atoms with Crippen molar-refractivity contribution >= 4 is 23.8 Å². The van der Waals surface area contributed by atoms with Gasteiger partial charge in [0.1, 0.15) is 0 Å². The van der Waals surface area contributed by atoms with Gasteiger partial charge in [0, 0.05) is 17.8 Å². The molecule has 2 unspecified atom stereocenters.